The van der Waals surface area contributed by atoms with Crippen molar-refractivity contribution in [2.75, 3.05) is 0 Å². The zero-order valence-corrected chi connectivity index (χ0v) is 10.7. The highest BCUT2D eigenvalue weighted by Crippen LogP contribution is 2.31. The Labute approximate surface area is 102 Å². The summed E-state index contributed by atoms with van der Waals surface area (Å²) in [7, 11) is 0. The Hall–Kier alpha value is -1.77. The summed E-state index contributed by atoms with van der Waals surface area (Å²) < 4.78 is 1.80. The molecule has 0 spiro atoms. The van der Waals surface area contributed by atoms with Crippen molar-refractivity contribution in [3.63, 3.8) is 0 Å². The van der Waals surface area contributed by atoms with Gasteiger partial charge in [-0.1, -0.05) is 24.3 Å². The molecule has 0 saturated carbocycles. The van der Waals surface area contributed by atoms with Gasteiger partial charge < -0.3 is 5.11 Å². The fourth-order valence-electron chi connectivity index (χ4n) is 1.74. The fourth-order valence-corrected chi connectivity index (χ4v) is 1.74. The van der Waals surface area contributed by atoms with E-state index in [9.17, 15) is 5.11 Å². The average Bonchev–Trinajstić information content (AvgIpc) is 2.61. The Balaban J connectivity index is 2.55. The van der Waals surface area contributed by atoms with Crippen LogP contribution in [0.1, 0.15) is 26.3 Å². The molecule has 0 unspecified atom stereocenters. The van der Waals surface area contributed by atoms with Crippen LogP contribution in [0.15, 0.2) is 30.5 Å². The Morgan fingerprint density at radius 1 is 1.18 bits per heavy atom. The van der Waals surface area contributed by atoms with Crippen molar-refractivity contribution in [1.29, 1.82) is 0 Å². The molecule has 3 nitrogen and oxygen atoms in total. The van der Waals surface area contributed by atoms with Crippen molar-refractivity contribution in [2.24, 2.45) is 0 Å². The second-order valence-electron chi connectivity index (χ2n) is 5.29. The number of rotatable bonds is 1. The third-order valence-corrected chi connectivity index (χ3v) is 2.78. The van der Waals surface area contributed by atoms with E-state index >= 15 is 0 Å². The number of hydrogen-bond acceptors (Lipinski definition) is 2. The maximum Gasteiger partial charge on any atom is 0.161 e. The van der Waals surface area contributed by atoms with E-state index in [0.717, 1.165) is 11.1 Å². The van der Waals surface area contributed by atoms with Gasteiger partial charge in [0.15, 0.2) is 5.75 Å². The minimum atomic E-state index is -0.127. The zero-order chi connectivity index (χ0) is 12.6. The van der Waals surface area contributed by atoms with Crippen LogP contribution >= 0.6 is 0 Å². The fraction of sp³-hybridized carbons (Fsp3) is 0.357. The first kappa shape index (κ1) is 11.7. The van der Waals surface area contributed by atoms with Crippen LogP contribution in [0, 0.1) is 6.92 Å². The molecule has 0 atom stereocenters. The Bertz CT molecular complexity index is 535. The molecule has 3 heteroatoms. The van der Waals surface area contributed by atoms with E-state index in [1.165, 1.54) is 0 Å². The highest BCUT2D eigenvalue weighted by Gasteiger charge is 2.19. The first-order chi connectivity index (χ1) is 7.89. The summed E-state index contributed by atoms with van der Waals surface area (Å²) in [5.74, 6) is 0.231. The molecular weight excluding hydrogens is 212 g/mol. The summed E-state index contributed by atoms with van der Waals surface area (Å²) in [4.78, 5) is 0. The molecule has 2 rings (SSSR count). The molecule has 1 heterocycles. The summed E-state index contributed by atoms with van der Waals surface area (Å²) in [5, 5.41) is 14.5. The molecule has 1 aromatic carbocycles. The average molecular weight is 230 g/mol. The van der Waals surface area contributed by atoms with Crippen molar-refractivity contribution in [3.05, 3.63) is 36.0 Å². The van der Waals surface area contributed by atoms with Gasteiger partial charge in [-0.15, -0.1) is 0 Å². The smallest absolute Gasteiger partial charge is 0.161 e. The van der Waals surface area contributed by atoms with E-state index in [2.05, 4.69) is 25.9 Å². The van der Waals surface area contributed by atoms with Crippen LogP contribution in [0.3, 0.4) is 0 Å². The van der Waals surface area contributed by atoms with Gasteiger partial charge >= 0.3 is 0 Å². The molecule has 0 radical (unpaired) electrons. The zero-order valence-electron chi connectivity index (χ0n) is 10.7. The largest absolute Gasteiger partial charge is 0.504 e. The first-order valence-electron chi connectivity index (χ1n) is 5.75. The van der Waals surface area contributed by atoms with E-state index in [-0.39, 0.29) is 11.3 Å². The summed E-state index contributed by atoms with van der Waals surface area (Å²) in [6.07, 6.45) is 1.68. The summed E-state index contributed by atoms with van der Waals surface area (Å²) in [6.45, 7) is 8.19. The number of nitrogens with zero attached hydrogens (tertiary/aromatic N) is 2. The predicted molar refractivity (Wildman–Crippen MR) is 69.1 cm³/mol. The molecule has 0 amide bonds. The minimum Gasteiger partial charge on any atom is -0.504 e. The standard InChI is InChI=1S/C14H18N2O/c1-10-7-5-6-8-11(10)13-12(17)9-16(15-13)14(2,3)4/h5-9,17H,1-4H3. The highest BCUT2D eigenvalue weighted by molar-refractivity contribution is 5.68. The number of aromatic hydroxyl groups is 1. The van der Waals surface area contributed by atoms with Gasteiger partial charge in [0.25, 0.3) is 0 Å². The second kappa shape index (κ2) is 3.91. The molecule has 0 bridgehead atoms. The third-order valence-electron chi connectivity index (χ3n) is 2.78. The van der Waals surface area contributed by atoms with E-state index in [4.69, 9.17) is 0 Å². The van der Waals surface area contributed by atoms with Crippen molar-refractivity contribution in [2.45, 2.75) is 33.2 Å². The predicted octanol–water partition coefficient (Wildman–Crippen LogP) is 3.32. The van der Waals surface area contributed by atoms with Crippen LogP contribution in [-0.4, -0.2) is 14.9 Å². The quantitative estimate of drug-likeness (QED) is 0.816. The molecule has 0 aliphatic heterocycles. The molecule has 0 aliphatic rings. The van der Waals surface area contributed by atoms with Crippen LogP contribution in [0.5, 0.6) is 5.75 Å². The molecule has 90 valence electrons. The normalized spacial score (nSPS) is 11.8. The Morgan fingerprint density at radius 2 is 1.82 bits per heavy atom. The maximum atomic E-state index is 9.99. The molecule has 0 aliphatic carbocycles. The topological polar surface area (TPSA) is 38.0 Å². The van der Waals surface area contributed by atoms with Crippen LogP contribution in [-0.2, 0) is 5.54 Å². The van der Waals surface area contributed by atoms with Crippen molar-refractivity contribution in [3.8, 4) is 17.0 Å². The van der Waals surface area contributed by atoms with Crippen LogP contribution in [0.25, 0.3) is 11.3 Å². The summed E-state index contributed by atoms with van der Waals surface area (Å²) >= 11 is 0. The monoisotopic (exact) mass is 230 g/mol. The number of hydrogen-bond donors (Lipinski definition) is 1. The molecule has 2 aromatic rings. The molecule has 1 N–H and O–H groups in total. The lowest BCUT2D eigenvalue weighted by molar-refractivity contribution is 0.353. The van der Waals surface area contributed by atoms with Gasteiger partial charge in [0.05, 0.1) is 11.7 Å². The molecular formula is C14H18N2O. The molecule has 0 saturated heterocycles. The van der Waals surface area contributed by atoms with Crippen LogP contribution in [0.4, 0.5) is 0 Å². The molecule has 1 aromatic heterocycles. The minimum absolute atomic E-state index is 0.127. The highest BCUT2D eigenvalue weighted by atomic mass is 16.3. The first-order valence-corrected chi connectivity index (χ1v) is 5.75. The molecule has 0 fully saturated rings. The van der Waals surface area contributed by atoms with E-state index in [0.29, 0.717) is 5.69 Å². The lowest BCUT2D eigenvalue weighted by atomic mass is 10.1. The summed E-state index contributed by atoms with van der Waals surface area (Å²) in [5.41, 5.74) is 2.62. The lowest BCUT2D eigenvalue weighted by Crippen LogP contribution is -2.22. The SMILES string of the molecule is Cc1ccccc1-c1nn(C(C)(C)C)cc1O. The second-order valence-corrected chi connectivity index (χ2v) is 5.29. The lowest BCUT2D eigenvalue weighted by Gasteiger charge is -2.18. The van der Waals surface area contributed by atoms with Crippen molar-refractivity contribution >= 4 is 0 Å². The number of benzene rings is 1. The van der Waals surface area contributed by atoms with Gasteiger partial charge in [-0.25, -0.2) is 0 Å². The van der Waals surface area contributed by atoms with Crippen molar-refractivity contribution < 1.29 is 5.11 Å². The Kier molecular flexibility index (Phi) is 2.69. The van der Waals surface area contributed by atoms with E-state index < -0.39 is 0 Å². The van der Waals surface area contributed by atoms with Gasteiger partial charge in [-0.05, 0) is 33.3 Å². The van der Waals surface area contributed by atoms with Crippen molar-refractivity contribution in [1.82, 2.24) is 9.78 Å². The van der Waals surface area contributed by atoms with Crippen LogP contribution < -0.4 is 0 Å². The van der Waals surface area contributed by atoms with Gasteiger partial charge in [0.2, 0.25) is 0 Å². The van der Waals surface area contributed by atoms with Crippen LogP contribution in [0.2, 0.25) is 0 Å². The Morgan fingerprint density at radius 3 is 2.35 bits per heavy atom. The number of aromatic nitrogens is 2. The summed E-state index contributed by atoms with van der Waals surface area (Å²) in [6, 6.07) is 7.93. The van der Waals surface area contributed by atoms with Gasteiger partial charge in [0, 0.05) is 5.56 Å². The molecule has 17 heavy (non-hydrogen) atoms. The maximum absolute atomic E-state index is 9.99. The third kappa shape index (κ3) is 2.18. The number of aryl methyl sites for hydroxylation is 1. The van der Waals surface area contributed by atoms with E-state index in [1.54, 1.807) is 10.9 Å². The van der Waals surface area contributed by atoms with E-state index in [1.807, 2.05) is 31.2 Å². The van der Waals surface area contributed by atoms with Gasteiger partial charge in [-0.3, -0.25) is 4.68 Å². The van der Waals surface area contributed by atoms with Gasteiger partial charge in [-0.2, -0.15) is 5.10 Å². The van der Waals surface area contributed by atoms with Gasteiger partial charge in [0.1, 0.15) is 5.69 Å².